The number of carbonyl (C=O) groups is 2. The van der Waals surface area contributed by atoms with Gasteiger partial charge in [0.2, 0.25) is 5.91 Å². The molecule has 3 atom stereocenters. The lowest BCUT2D eigenvalue weighted by Gasteiger charge is -2.27. The predicted molar refractivity (Wildman–Crippen MR) is 170 cm³/mol. The molecule has 2 aliphatic carbocycles. The zero-order valence-electron chi connectivity index (χ0n) is 25.2. The van der Waals surface area contributed by atoms with Gasteiger partial charge in [0.15, 0.2) is 0 Å². The molecule has 9 nitrogen and oxygen atoms in total. The molecule has 2 saturated carbocycles. The minimum Gasteiger partial charge on any atom is -0.359 e. The SMILES string of the molecule is CNC(=O)Cc1ccc(-c2ccc3cc(-c4nn5cc(C(=O)N6CC7CCC6[C@@H]7N)ccc5c4C)n(CC4CC4)c3c2)cn1. The van der Waals surface area contributed by atoms with Crippen LogP contribution < -0.4 is 11.1 Å². The first kappa shape index (κ1) is 27.1. The lowest BCUT2D eigenvalue weighted by Crippen LogP contribution is -2.41. The number of amides is 2. The Morgan fingerprint density at radius 2 is 1.84 bits per heavy atom. The molecule has 0 radical (unpaired) electrons. The van der Waals surface area contributed by atoms with Crippen LogP contribution in [-0.2, 0) is 17.8 Å². The zero-order chi connectivity index (χ0) is 30.1. The molecular formula is C35H37N7O2. The summed E-state index contributed by atoms with van der Waals surface area (Å²) in [7, 11) is 1.64. The molecule has 3 aliphatic rings. The van der Waals surface area contributed by atoms with E-state index in [2.05, 4.69) is 46.1 Å². The van der Waals surface area contributed by atoms with E-state index in [4.69, 9.17) is 10.8 Å². The highest BCUT2D eigenvalue weighted by Gasteiger charge is 2.46. The van der Waals surface area contributed by atoms with E-state index >= 15 is 0 Å². The van der Waals surface area contributed by atoms with Crippen LogP contribution in [0.25, 0.3) is 38.9 Å². The number of pyridine rings is 2. The Bertz CT molecular complexity index is 1930. The first-order chi connectivity index (χ1) is 21.4. The molecule has 1 aromatic carbocycles. The summed E-state index contributed by atoms with van der Waals surface area (Å²) in [6, 6.07) is 17.0. The molecule has 1 saturated heterocycles. The summed E-state index contributed by atoms with van der Waals surface area (Å²) < 4.78 is 4.30. The fraction of sp³-hybridized carbons (Fsp3) is 0.371. The Morgan fingerprint density at radius 3 is 2.55 bits per heavy atom. The normalized spacial score (nSPS) is 21.1. The molecule has 8 rings (SSSR count). The van der Waals surface area contributed by atoms with Gasteiger partial charge in [0, 0.05) is 72.3 Å². The van der Waals surface area contributed by atoms with Crippen molar-refractivity contribution in [3.05, 3.63) is 77.7 Å². The Balaban J connectivity index is 1.15. The first-order valence-corrected chi connectivity index (χ1v) is 15.7. The minimum atomic E-state index is -0.0506. The number of piperidine rings is 1. The van der Waals surface area contributed by atoms with Gasteiger partial charge in [-0.25, -0.2) is 4.52 Å². The maximum atomic E-state index is 13.5. The minimum absolute atomic E-state index is 0.0506. The number of nitrogens with one attached hydrogen (secondary N) is 1. The van der Waals surface area contributed by atoms with Crippen LogP contribution in [0.2, 0.25) is 0 Å². The van der Waals surface area contributed by atoms with Crippen molar-refractivity contribution >= 4 is 28.2 Å². The zero-order valence-corrected chi connectivity index (χ0v) is 25.2. The van der Waals surface area contributed by atoms with Crippen LogP contribution in [0.5, 0.6) is 0 Å². The number of likely N-dealkylation sites (tertiary alicyclic amines) is 1. The molecule has 1 aliphatic heterocycles. The van der Waals surface area contributed by atoms with Gasteiger partial charge in [0.25, 0.3) is 5.91 Å². The van der Waals surface area contributed by atoms with Gasteiger partial charge in [-0.2, -0.15) is 5.10 Å². The van der Waals surface area contributed by atoms with Crippen LogP contribution in [0.3, 0.4) is 0 Å². The molecule has 5 heterocycles. The Labute approximate surface area is 256 Å². The maximum absolute atomic E-state index is 13.5. The molecule has 44 heavy (non-hydrogen) atoms. The molecular weight excluding hydrogens is 550 g/mol. The van der Waals surface area contributed by atoms with Crippen LogP contribution in [0.1, 0.15) is 47.3 Å². The summed E-state index contributed by atoms with van der Waals surface area (Å²) in [5, 5.41) is 8.90. The Kier molecular flexibility index (Phi) is 6.34. The number of hydrogen-bond donors (Lipinski definition) is 2. The lowest BCUT2D eigenvalue weighted by molar-refractivity contribution is -0.120. The third kappa shape index (κ3) is 4.49. The summed E-state index contributed by atoms with van der Waals surface area (Å²) in [6.07, 6.45) is 8.61. The molecule has 5 aromatic rings. The van der Waals surface area contributed by atoms with Crippen molar-refractivity contribution in [2.75, 3.05) is 13.6 Å². The Morgan fingerprint density at radius 1 is 1.00 bits per heavy atom. The topological polar surface area (TPSA) is 111 Å². The van der Waals surface area contributed by atoms with Crippen molar-refractivity contribution in [1.82, 2.24) is 29.4 Å². The number of aryl methyl sites for hydroxylation is 1. The highest BCUT2D eigenvalue weighted by molar-refractivity contribution is 5.95. The average Bonchev–Trinajstić information content (AvgIpc) is 3.45. The fourth-order valence-electron chi connectivity index (χ4n) is 7.33. The van der Waals surface area contributed by atoms with Gasteiger partial charge in [-0.1, -0.05) is 18.2 Å². The summed E-state index contributed by atoms with van der Waals surface area (Å²) in [5.74, 6) is 1.09. The number of rotatable bonds is 7. The van der Waals surface area contributed by atoms with Gasteiger partial charge in [-0.15, -0.1) is 0 Å². The molecule has 2 bridgehead atoms. The smallest absolute Gasteiger partial charge is 0.255 e. The number of fused-ring (bicyclic) bond motifs is 4. The summed E-state index contributed by atoms with van der Waals surface area (Å²) in [6.45, 7) is 3.82. The van der Waals surface area contributed by atoms with Crippen molar-refractivity contribution in [3.63, 3.8) is 0 Å². The van der Waals surface area contributed by atoms with Gasteiger partial charge in [0.1, 0.15) is 5.69 Å². The van der Waals surface area contributed by atoms with Gasteiger partial charge >= 0.3 is 0 Å². The quantitative estimate of drug-likeness (QED) is 0.290. The number of aromatic nitrogens is 4. The summed E-state index contributed by atoms with van der Waals surface area (Å²) in [4.78, 5) is 31.8. The van der Waals surface area contributed by atoms with Crippen molar-refractivity contribution in [1.29, 1.82) is 0 Å². The molecule has 3 fully saturated rings. The highest BCUT2D eigenvalue weighted by Crippen LogP contribution is 2.39. The Hall–Kier alpha value is -4.50. The first-order valence-electron chi connectivity index (χ1n) is 15.7. The molecule has 3 N–H and O–H groups in total. The number of nitrogens with zero attached hydrogens (tertiary/aromatic N) is 5. The second kappa shape index (κ2) is 10.3. The molecule has 2 unspecified atom stereocenters. The van der Waals surface area contributed by atoms with Crippen LogP contribution in [0.15, 0.2) is 60.9 Å². The van der Waals surface area contributed by atoms with E-state index in [1.165, 1.54) is 23.7 Å². The molecule has 0 spiro atoms. The maximum Gasteiger partial charge on any atom is 0.255 e. The van der Waals surface area contributed by atoms with Crippen LogP contribution >= 0.6 is 0 Å². The van der Waals surface area contributed by atoms with Gasteiger partial charge < -0.3 is 20.5 Å². The van der Waals surface area contributed by atoms with Crippen molar-refractivity contribution < 1.29 is 9.59 Å². The van der Waals surface area contributed by atoms with E-state index in [9.17, 15) is 9.59 Å². The highest BCUT2D eigenvalue weighted by atomic mass is 16.2. The molecule has 2 amide bonds. The van der Waals surface area contributed by atoms with Crippen molar-refractivity contribution in [2.24, 2.45) is 17.6 Å². The summed E-state index contributed by atoms with van der Waals surface area (Å²) >= 11 is 0. The van der Waals surface area contributed by atoms with E-state index < -0.39 is 0 Å². The number of carbonyl (C=O) groups excluding carboxylic acids is 2. The third-order valence-corrected chi connectivity index (χ3v) is 10.1. The van der Waals surface area contributed by atoms with E-state index in [0.29, 0.717) is 17.4 Å². The van der Waals surface area contributed by atoms with Gasteiger partial charge in [0.05, 0.1) is 23.2 Å². The second-order valence-electron chi connectivity index (χ2n) is 12.9. The van der Waals surface area contributed by atoms with Crippen molar-refractivity contribution in [3.8, 4) is 22.5 Å². The standard InChI is InChI=1S/C35H37N7O2/c1-20-28-11-9-26(35(44)41-18-25-8-12-29(41)33(25)36)19-42(28)39-34(20)31-14-23-6-5-22(13-30(23)40(31)17-21-3-4-21)24-7-10-27(38-16-24)15-32(43)37-2/h5-7,9-11,13-14,16,19,21,25,29,33H,3-4,8,12,15,17-18,36H2,1-2H3,(H,37,43)/t25?,29?,33-/m1/s1. The lowest BCUT2D eigenvalue weighted by atomic mass is 10.1. The second-order valence-corrected chi connectivity index (χ2v) is 12.9. The number of nitrogens with two attached hydrogens (primary N) is 1. The number of benzene rings is 1. The third-order valence-electron chi connectivity index (χ3n) is 10.1. The molecule has 224 valence electrons. The largest absolute Gasteiger partial charge is 0.359 e. The van der Waals surface area contributed by atoms with E-state index in [1.807, 2.05) is 46.1 Å². The fourth-order valence-corrected chi connectivity index (χ4v) is 7.33. The van der Waals surface area contributed by atoms with Crippen LogP contribution in [0, 0.1) is 18.8 Å². The van der Waals surface area contributed by atoms with E-state index in [1.54, 1.807) is 7.05 Å². The van der Waals surface area contributed by atoms with E-state index in [0.717, 1.165) is 65.2 Å². The van der Waals surface area contributed by atoms with Crippen LogP contribution in [0.4, 0.5) is 0 Å². The number of hydrogen-bond acceptors (Lipinski definition) is 5. The van der Waals surface area contributed by atoms with Crippen LogP contribution in [-0.4, -0.2) is 61.6 Å². The average molecular weight is 588 g/mol. The van der Waals surface area contributed by atoms with E-state index in [-0.39, 0.29) is 30.3 Å². The predicted octanol–water partition coefficient (Wildman–Crippen LogP) is 4.59. The number of likely N-dealkylation sites (N-methyl/N-ethyl adjacent to an activating group) is 1. The molecule has 4 aromatic heterocycles. The monoisotopic (exact) mass is 587 g/mol. The van der Waals surface area contributed by atoms with Gasteiger partial charge in [-0.05, 0) is 80.3 Å². The van der Waals surface area contributed by atoms with Gasteiger partial charge in [-0.3, -0.25) is 14.6 Å². The van der Waals surface area contributed by atoms with Crippen molar-refractivity contribution in [2.45, 2.75) is 57.7 Å². The summed E-state index contributed by atoms with van der Waals surface area (Å²) in [5.41, 5.74) is 15.2. The molecule has 9 heteroatoms.